The van der Waals surface area contributed by atoms with Crippen molar-refractivity contribution in [1.29, 1.82) is 0 Å². The van der Waals surface area contributed by atoms with E-state index in [-0.39, 0.29) is 9.84 Å². The molecule has 6 nitrogen and oxygen atoms in total. The van der Waals surface area contributed by atoms with Gasteiger partial charge in [0.05, 0.1) is 10.5 Å². The second-order valence-corrected chi connectivity index (χ2v) is 9.28. The van der Waals surface area contributed by atoms with Gasteiger partial charge in [-0.1, -0.05) is 68.3 Å². The average Bonchev–Trinajstić information content (AvgIpc) is 2.57. The topological polar surface area (TPSA) is 83.2 Å². The number of hydrogen-bond acceptors (Lipinski definition) is 6. The lowest BCUT2D eigenvalue weighted by Gasteiger charge is -2.22. The van der Waals surface area contributed by atoms with Crippen LogP contribution < -0.4 is 5.32 Å². The molecule has 0 aliphatic heterocycles. The van der Waals surface area contributed by atoms with Crippen molar-refractivity contribution in [2.75, 3.05) is 19.6 Å². The van der Waals surface area contributed by atoms with Crippen LogP contribution in [0.15, 0.2) is 58.9 Å². The molecule has 0 aromatic carbocycles. The van der Waals surface area contributed by atoms with Crippen LogP contribution in [0.25, 0.3) is 0 Å². The van der Waals surface area contributed by atoms with Crippen LogP contribution in [0.4, 0.5) is 0 Å². The largest absolute Gasteiger partial charge is 0.314 e. The first-order valence-electron chi connectivity index (χ1n) is 7.79. The third kappa shape index (κ3) is 6.18. The summed E-state index contributed by atoms with van der Waals surface area (Å²) in [5, 5.41) is 10.3. The number of halogens is 4. The summed E-state index contributed by atoms with van der Waals surface area (Å²) in [5.74, 6) is -0.183. The molecule has 0 aromatic rings. The summed E-state index contributed by atoms with van der Waals surface area (Å²) in [7, 11) is 0. The highest BCUT2D eigenvalue weighted by atomic mass is 127. The highest BCUT2D eigenvalue weighted by molar-refractivity contribution is 14.1. The molecule has 0 saturated carbocycles. The second-order valence-electron chi connectivity index (χ2n) is 5.72. The van der Waals surface area contributed by atoms with Gasteiger partial charge in [-0.2, -0.15) is 9.81 Å². The Morgan fingerprint density at radius 1 is 1.15 bits per heavy atom. The summed E-state index contributed by atoms with van der Waals surface area (Å²) < 4.78 is 1.11. The smallest absolute Gasteiger partial charge is 0.135 e. The highest BCUT2D eigenvalue weighted by Crippen LogP contribution is 2.30. The van der Waals surface area contributed by atoms with E-state index < -0.39 is 12.1 Å². The minimum atomic E-state index is -0.614. The predicted molar refractivity (Wildman–Crippen MR) is 125 cm³/mol. The van der Waals surface area contributed by atoms with Gasteiger partial charge in [0.2, 0.25) is 0 Å². The van der Waals surface area contributed by atoms with Gasteiger partial charge in [-0.25, -0.2) is 0 Å². The van der Waals surface area contributed by atoms with E-state index in [1.807, 2.05) is 12.2 Å². The van der Waals surface area contributed by atoms with E-state index in [4.69, 9.17) is 23.2 Å². The number of allylic oxidation sites excluding steroid dienone is 4. The summed E-state index contributed by atoms with van der Waals surface area (Å²) in [5.41, 5.74) is 0.815. The number of aliphatic imine (C=N–C) groups is 1. The van der Waals surface area contributed by atoms with Gasteiger partial charge in [0.1, 0.15) is 12.1 Å². The first-order valence-corrected chi connectivity index (χ1v) is 10.9. The Kier molecular flexibility index (Phi) is 9.35. The zero-order valence-electron chi connectivity index (χ0n) is 13.5. The summed E-state index contributed by atoms with van der Waals surface area (Å²) in [4.78, 5) is 26.4. The number of nitrogens with one attached hydrogen (secondary N) is 1. The molecule has 0 fully saturated rings. The molecule has 0 saturated heterocycles. The molecule has 0 amide bonds. The van der Waals surface area contributed by atoms with Crippen LogP contribution in [0.5, 0.6) is 0 Å². The molecule has 0 bridgehead atoms. The molecule has 0 spiro atoms. The maximum absolute atomic E-state index is 11.0. The molecule has 0 radical (unpaired) electrons. The van der Waals surface area contributed by atoms with Crippen molar-refractivity contribution >= 4 is 74.6 Å². The van der Waals surface area contributed by atoms with Crippen LogP contribution in [0, 0.1) is 15.7 Å². The Morgan fingerprint density at radius 3 is 2.58 bits per heavy atom. The normalized spacial score (nSPS) is 28.9. The fraction of sp³-hybridized carbons (Fsp3) is 0.438. The van der Waals surface area contributed by atoms with Crippen molar-refractivity contribution in [3.8, 4) is 0 Å². The molecule has 10 heteroatoms. The Morgan fingerprint density at radius 2 is 1.88 bits per heavy atom. The van der Waals surface area contributed by atoms with Crippen LogP contribution in [0.1, 0.15) is 0 Å². The van der Waals surface area contributed by atoms with Crippen molar-refractivity contribution in [3.63, 3.8) is 0 Å². The number of hydrogen-bond donors (Lipinski definition) is 1. The quantitative estimate of drug-likeness (QED) is 0.138. The van der Waals surface area contributed by atoms with Crippen LogP contribution in [-0.4, -0.2) is 41.9 Å². The number of rotatable bonds is 8. The van der Waals surface area contributed by atoms with Crippen LogP contribution >= 0.6 is 68.4 Å². The van der Waals surface area contributed by atoms with Crippen molar-refractivity contribution in [1.82, 2.24) is 5.32 Å². The Bertz CT molecular complexity index is 706. The van der Waals surface area contributed by atoms with Gasteiger partial charge in [0.15, 0.2) is 0 Å². The molecule has 4 unspecified atom stereocenters. The molecular weight excluding hydrogens is 605 g/mol. The number of nitrogens with zero attached hydrogens (tertiary/aromatic N) is 3. The maximum atomic E-state index is 11.0. The summed E-state index contributed by atoms with van der Waals surface area (Å²) >= 11 is 16.4. The van der Waals surface area contributed by atoms with Crippen molar-refractivity contribution < 1.29 is 0 Å². The zero-order chi connectivity index (χ0) is 19.1. The van der Waals surface area contributed by atoms with Crippen LogP contribution in [0.3, 0.4) is 0 Å². The summed E-state index contributed by atoms with van der Waals surface area (Å²) in [6, 6.07) is -1.02. The average molecular weight is 621 g/mol. The number of alkyl halides is 1. The molecule has 2 aliphatic rings. The minimum absolute atomic E-state index is 0.0370. The molecule has 2 aliphatic carbocycles. The lowest BCUT2D eigenvalue weighted by molar-refractivity contribution is 0.508. The second kappa shape index (κ2) is 11.0. The molecule has 4 atom stereocenters. The van der Waals surface area contributed by atoms with Crippen molar-refractivity contribution in [2.45, 2.75) is 16.0 Å². The van der Waals surface area contributed by atoms with Gasteiger partial charge >= 0.3 is 0 Å². The molecule has 26 heavy (non-hydrogen) atoms. The lowest BCUT2D eigenvalue weighted by Crippen LogP contribution is -2.32. The first-order chi connectivity index (χ1) is 12.5. The van der Waals surface area contributed by atoms with Gasteiger partial charge in [-0.15, -0.1) is 0 Å². The molecular formula is C16H16Cl2I2N4O2. The molecule has 0 aromatic heterocycles. The molecule has 140 valence electrons. The van der Waals surface area contributed by atoms with E-state index >= 15 is 0 Å². The Labute approximate surface area is 188 Å². The van der Waals surface area contributed by atoms with E-state index in [0.29, 0.717) is 29.7 Å². The fourth-order valence-electron chi connectivity index (χ4n) is 2.60. The maximum Gasteiger partial charge on any atom is 0.135 e. The zero-order valence-corrected chi connectivity index (χ0v) is 19.3. The van der Waals surface area contributed by atoms with Gasteiger partial charge in [-0.05, 0) is 34.7 Å². The third-order valence-electron chi connectivity index (χ3n) is 3.87. The Balaban J connectivity index is 1.81. The summed E-state index contributed by atoms with van der Waals surface area (Å²) in [6.07, 6.45) is 8.95. The van der Waals surface area contributed by atoms with Crippen LogP contribution in [0.2, 0.25) is 0 Å². The highest BCUT2D eigenvalue weighted by Gasteiger charge is 2.27. The van der Waals surface area contributed by atoms with Gasteiger partial charge in [0.25, 0.3) is 0 Å². The summed E-state index contributed by atoms with van der Waals surface area (Å²) in [6.45, 7) is 1.66. The van der Waals surface area contributed by atoms with E-state index in [2.05, 4.69) is 65.8 Å². The lowest BCUT2D eigenvalue weighted by atomic mass is 9.95. The van der Waals surface area contributed by atoms with E-state index in [0.717, 1.165) is 9.15 Å². The monoisotopic (exact) mass is 620 g/mol. The predicted octanol–water partition coefficient (Wildman–Crippen LogP) is 4.85. The van der Waals surface area contributed by atoms with Gasteiger partial charge in [-0.3, -0.25) is 4.99 Å². The standard InChI is InChI=1S/C16H16Cl2I2N4O2/c17-11-3-9(15(23-25)13(18)5-11)7-21-1-2-22-8-10-4-12(19)6-14(20)16(10)24-26/h3-6,8-9,14-16,21H,1-2,7H2. The molecule has 1 N–H and O–H groups in total. The first kappa shape index (κ1) is 22.1. The van der Waals surface area contributed by atoms with Crippen LogP contribution in [-0.2, 0) is 0 Å². The van der Waals surface area contributed by atoms with E-state index in [9.17, 15) is 9.81 Å². The number of nitroso groups, excluding NO2 is 2. The third-order valence-corrected chi connectivity index (χ3v) is 6.15. The van der Waals surface area contributed by atoms with Crippen molar-refractivity contribution in [3.05, 3.63) is 53.3 Å². The van der Waals surface area contributed by atoms with Gasteiger partial charge in [0, 0.05) is 44.4 Å². The van der Waals surface area contributed by atoms with Crippen molar-refractivity contribution in [2.24, 2.45) is 21.3 Å². The fourth-order valence-corrected chi connectivity index (χ4v) is 5.62. The van der Waals surface area contributed by atoms with Gasteiger partial charge < -0.3 is 5.32 Å². The molecule has 0 heterocycles. The molecule has 2 rings (SSSR count). The SMILES string of the molecule is O=NC1C(C=NCCNCC2C=C(Cl)C=C(Cl)C2N=O)=CC(I)=CC1I. The van der Waals surface area contributed by atoms with E-state index in [1.165, 1.54) is 0 Å². The Hall–Kier alpha value is -0.170. The van der Waals surface area contributed by atoms with E-state index in [1.54, 1.807) is 18.4 Å². The minimum Gasteiger partial charge on any atom is -0.314 e.